The van der Waals surface area contributed by atoms with E-state index in [0.29, 0.717) is 23.9 Å². The van der Waals surface area contributed by atoms with Gasteiger partial charge in [0, 0.05) is 31.8 Å². The lowest BCUT2D eigenvalue weighted by atomic mass is 10.0. The molecular weight excluding hydrogens is 446 g/mol. The maximum atomic E-state index is 13.4. The number of hydrogen-bond donors (Lipinski definition) is 1. The molecule has 3 heterocycles. The summed E-state index contributed by atoms with van der Waals surface area (Å²) < 4.78 is 12.1. The van der Waals surface area contributed by atoms with E-state index in [-0.39, 0.29) is 18.4 Å². The van der Waals surface area contributed by atoms with Gasteiger partial charge in [-0.2, -0.15) is 0 Å². The SMILES string of the molecule is COc1ccc(N(C)C(=O)[C@H](Cc2ccccc2)NC(=O)Cn2ccc3nc(OC)ccc32)cn1. The topological polar surface area (TPSA) is 98.6 Å². The summed E-state index contributed by atoms with van der Waals surface area (Å²) >= 11 is 0. The van der Waals surface area contributed by atoms with Gasteiger partial charge >= 0.3 is 0 Å². The summed E-state index contributed by atoms with van der Waals surface area (Å²) in [6, 6.07) is 17.7. The van der Waals surface area contributed by atoms with Crippen molar-refractivity contribution in [1.29, 1.82) is 0 Å². The first kappa shape index (κ1) is 23.7. The van der Waals surface area contributed by atoms with Crippen LogP contribution < -0.4 is 19.7 Å². The molecule has 9 nitrogen and oxygen atoms in total. The number of methoxy groups -OCH3 is 2. The van der Waals surface area contributed by atoms with Crippen molar-refractivity contribution in [3.8, 4) is 11.8 Å². The average molecular weight is 474 g/mol. The third kappa shape index (κ3) is 5.57. The zero-order valence-corrected chi connectivity index (χ0v) is 19.8. The second-order valence-electron chi connectivity index (χ2n) is 7.97. The van der Waals surface area contributed by atoms with E-state index >= 15 is 0 Å². The van der Waals surface area contributed by atoms with Crippen molar-refractivity contribution >= 4 is 28.5 Å². The number of hydrogen-bond acceptors (Lipinski definition) is 6. The van der Waals surface area contributed by atoms with Gasteiger partial charge in [-0.3, -0.25) is 9.59 Å². The largest absolute Gasteiger partial charge is 0.481 e. The van der Waals surface area contributed by atoms with E-state index in [1.807, 2.05) is 42.5 Å². The highest BCUT2D eigenvalue weighted by molar-refractivity contribution is 5.99. The van der Waals surface area contributed by atoms with E-state index in [4.69, 9.17) is 9.47 Å². The Morgan fingerprint density at radius 2 is 1.74 bits per heavy atom. The zero-order chi connectivity index (χ0) is 24.8. The Morgan fingerprint density at radius 1 is 1.00 bits per heavy atom. The Kier molecular flexibility index (Phi) is 7.25. The molecule has 0 saturated carbocycles. The number of nitrogens with zero attached hydrogens (tertiary/aromatic N) is 4. The number of carbonyl (C=O) groups excluding carboxylic acids is 2. The van der Waals surface area contributed by atoms with Crippen LogP contribution in [0.15, 0.2) is 73.1 Å². The standard InChI is InChI=1S/C26H27N5O4/c1-30(19-9-11-24(34-2)27-16-19)26(33)21(15-18-7-5-4-6-8-18)28-23(32)17-31-14-13-20-22(31)10-12-25(29-20)35-3/h4-14,16,21H,15,17H2,1-3H3,(H,28,32)/t21-/m0/s1. The molecule has 0 spiro atoms. The highest BCUT2D eigenvalue weighted by atomic mass is 16.5. The van der Waals surface area contributed by atoms with Crippen molar-refractivity contribution in [2.45, 2.75) is 19.0 Å². The first-order chi connectivity index (χ1) is 17.0. The van der Waals surface area contributed by atoms with Gasteiger partial charge in [-0.05, 0) is 23.8 Å². The maximum Gasteiger partial charge on any atom is 0.249 e. The van der Waals surface area contributed by atoms with E-state index in [9.17, 15) is 9.59 Å². The smallest absolute Gasteiger partial charge is 0.249 e. The molecule has 1 N–H and O–H groups in total. The van der Waals surface area contributed by atoms with Gasteiger partial charge in [0.25, 0.3) is 0 Å². The monoisotopic (exact) mass is 473 g/mol. The first-order valence-electron chi connectivity index (χ1n) is 11.1. The minimum atomic E-state index is -0.767. The molecule has 35 heavy (non-hydrogen) atoms. The van der Waals surface area contributed by atoms with Gasteiger partial charge in [0.15, 0.2) is 0 Å². The molecule has 180 valence electrons. The van der Waals surface area contributed by atoms with Gasteiger partial charge in [-0.15, -0.1) is 0 Å². The van der Waals surface area contributed by atoms with Crippen molar-refractivity contribution in [3.05, 3.63) is 78.6 Å². The Labute approximate surface area is 203 Å². The fourth-order valence-corrected chi connectivity index (χ4v) is 3.80. The van der Waals surface area contributed by atoms with Crippen molar-refractivity contribution < 1.29 is 19.1 Å². The summed E-state index contributed by atoms with van der Waals surface area (Å²) in [6.07, 6.45) is 3.70. The number of nitrogens with one attached hydrogen (secondary N) is 1. The molecule has 0 bridgehead atoms. The molecule has 4 aromatic rings. The van der Waals surface area contributed by atoms with Crippen molar-refractivity contribution in [2.24, 2.45) is 0 Å². The summed E-state index contributed by atoms with van der Waals surface area (Å²) in [5, 5.41) is 2.92. The normalized spacial score (nSPS) is 11.6. The van der Waals surface area contributed by atoms with Crippen LogP contribution in [0.3, 0.4) is 0 Å². The number of rotatable bonds is 9. The highest BCUT2D eigenvalue weighted by Crippen LogP contribution is 2.19. The van der Waals surface area contributed by atoms with E-state index < -0.39 is 6.04 Å². The van der Waals surface area contributed by atoms with Crippen molar-refractivity contribution in [1.82, 2.24) is 19.9 Å². The van der Waals surface area contributed by atoms with Crippen LogP contribution in [-0.2, 0) is 22.6 Å². The van der Waals surface area contributed by atoms with E-state index in [1.165, 1.54) is 12.0 Å². The van der Waals surface area contributed by atoms with Gasteiger partial charge in [0.2, 0.25) is 23.6 Å². The number of pyridine rings is 2. The number of ether oxygens (including phenoxy) is 2. The van der Waals surface area contributed by atoms with E-state index in [0.717, 1.165) is 16.6 Å². The van der Waals surface area contributed by atoms with Gasteiger partial charge in [0.05, 0.1) is 37.1 Å². The molecular formula is C26H27N5O4. The number of likely N-dealkylation sites (N-methyl/N-ethyl adjacent to an activating group) is 1. The lowest BCUT2D eigenvalue weighted by Crippen LogP contribution is -2.49. The average Bonchev–Trinajstić information content (AvgIpc) is 3.29. The minimum absolute atomic E-state index is 0.0455. The lowest BCUT2D eigenvalue weighted by Gasteiger charge is -2.25. The van der Waals surface area contributed by atoms with Gasteiger partial charge in [-0.25, -0.2) is 9.97 Å². The molecule has 0 radical (unpaired) electrons. The lowest BCUT2D eigenvalue weighted by molar-refractivity contribution is -0.127. The summed E-state index contributed by atoms with van der Waals surface area (Å²) in [7, 11) is 4.75. The number of carbonyl (C=O) groups is 2. The Morgan fingerprint density at radius 3 is 2.43 bits per heavy atom. The van der Waals surface area contributed by atoms with Crippen LogP contribution in [-0.4, -0.2) is 53.7 Å². The molecule has 0 saturated heterocycles. The van der Waals surface area contributed by atoms with Crippen molar-refractivity contribution in [2.75, 3.05) is 26.2 Å². The maximum absolute atomic E-state index is 13.4. The molecule has 3 aromatic heterocycles. The van der Waals surface area contributed by atoms with Gasteiger partial charge in [0.1, 0.15) is 12.6 Å². The van der Waals surface area contributed by atoms with Crippen LogP contribution in [0.1, 0.15) is 5.56 Å². The molecule has 0 aliphatic carbocycles. The number of fused-ring (bicyclic) bond motifs is 1. The molecule has 0 fully saturated rings. The highest BCUT2D eigenvalue weighted by Gasteiger charge is 2.26. The number of anilines is 1. The Balaban J connectivity index is 1.53. The van der Waals surface area contributed by atoms with Crippen LogP contribution in [0.2, 0.25) is 0 Å². The third-order valence-corrected chi connectivity index (χ3v) is 5.69. The molecule has 1 aromatic carbocycles. The fraction of sp³-hybridized carbons (Fsp3) is 0.231. The molecule has 9 heteroatoms. The third-order valence-electron chi connectivity index (χ3n) is 5.69. The molecule has 0 unspecified atom stereocenters. The quantitative estimate of drug-likeness (QED) is 0.401. The second-order valence-corrected chi connectivity index (χ2v) is 7.97. The van der Waals surface area contributed by atoms with E-state index in [2.05, 4.69) is 15.3 Å². The molecule has 0 aliphatic heterocycles. The van der Waals surface area contributed by atoms with Crippen LogP contribution >= 0.6 is 0 Å². The summed E-state index contributed by atoms with van der Waals surface area (Å²) in [6.45, 7) is 0.0455. The van der Waals surface area contributed by atoms with Crippen molar-refractivity contribution in [3.63, 3.8) is 0 Å². The Hall–Kier alpha value is -4.40. The zero-order valence-electron chi connectivity index (χ0n) is 19.8. The van der Waals surface area contributed by atoms with Gasteiger partial charge in [-0.1, -0.05) is 30.3 Å². The van der Waals surface area contributed by atoms with Crippen LogP contribution in [0.25, 0.3) is 11.0 Å². The van der Waals surface area contributed by atoms with Crippen LogP contribution in [0.4, 0.5) is 5.69 Å². The summed E-state index contributed by atoms with van der Waals surface area (Å²) in [5.41, 5.74) is 3.06. The van der Waals surface area contributed by atoms with Gasteiger partial charge < -0.3 is 24.3 Å². The molecule has 1 atom stereocenters. The number of aromatic nitrogens is 3. The van der Waals surface area contributed by atoms with Crippen LogP contribution in [0, 0.1) is 0 Å². The molecule has 0 aliphatic rings. The fourth-order valence-electron chi connectivity index (χ4n) is 3.80. The number of amides is 2. The predicted octanol–water partition coefficient (Wildman–Crippen LogP) is 2.84. The number of benzene rings is 1. The van der Waals surface area contributed by atoms with E-state index in [1.54, 1.807) is 49.3 Å². The first-order valence-corrected chi connectivity index (χ1v) is 11.1. The minimum Gasteiger partial charge on any atom is -0.481 e. The second kappa shape index (κ2) is 10.7. The predicted molar refractivity (Wildman–Crippen MR) is 133 cm³/mol. The molecule has 4 rings (SSSR count). The Bertz CT molecular complexity index is 1300. The molecule has 2 amide bonds. The summed E-state index contributed by atoms with van der Waals surface area (Å²) in [5.74, 6) is 0.422. The summed E-state index contributed by atoms with van der Waals surface area (Å²) in [4.78, 5) is 36.5. The van der Waals surface area contributed by atoms with Crippen LogP contribution in [0.5, 0.6) is 11.8 Å².